The average Bonchev–Trinajstić information content (AvgIpc) is 2.14. The molecule has 0 saturated heterocycles. The van der Waals surface area contributed by atoms with Crippen LogP contribution in [0.5, 0.6) is 0 Å². The van der Waals surface area contributed by atoms with Crippen molar-refractivity contribution in [2.45, 2.75) is 13.5 Å². The predicted molar refractivity (Wildman–Crippen MR) is 53.9 cm³/mol. The maximum atomic E-state index is 11.0. The minimum Gasteiger partial charge on any atom is -0.293 e. The molecule has 82 valence electrons. The summed E-state index contributed by atoms with van der Waals surface area (Å²) in [7, 11) is -3.48. The highest BCUT2D eigenvalue weighted by atomic mass is 32.2. The number of rotatable bonds is 4. The molecule has 0 aliphatic carbocycles. The van der Waals surface area contributed by atoms with E-state index in [-0.39, 0.29) is 12.4 Å². The van der Waals surface area contributed by atoms with E-state index in [0.29, 0.717) is 11.4 Å². The molecule has 0 fully saturated rings. The Kier molecular flexibility index (Phi) is 3.54. The third kappa shape index (κ3) is 4.18. The summed E-state index contributed by atoms with van der Waals surface area (Å²) in [6, 6.07) is 4.79. The summed E-state index contributed by atoms with van der Waals surface area (Å²) in [6.07, 6.45) is 0.960. The fourth-order valence-corrected chi connectivity index (χ4v) is 1.26. The molecule has 0 aliphatic heterocycles. The Morgan fingerprint density at radius 1 is 1.47 bits per heavy atom. The van der Waals surface area contributed by atoms with Gasteiger partial charge in [0.15, 0.2) is 5.78 Å². The Bertz CT molecular complexity index is 467. The van der Waals surface area contributed by atoms with E-state index < -0.39 is 10.1 Å². The van der Waals surface area contributed by atoms with Gasteiger partial charge in [-0.3, -0.25) is 8.98 Å². The molecule has 0 N–H and O–H groups in total. The summed E-state index contributed by atoms with van der Waals surface area (Å²) in [4.78, 5) is 14.9. The Labute approximate surface area is 88.2 Å². The first-order valence-corrected chi connectivity index (χ1v) is 6.01. The molecule has 0 amide bonds. The van der Waals surface area contributed by atoms with Crippen molar-refractivity contribution in [3.05, 3.63) is 29.6 Å². The lowest BCUT2D eigenvalue weighted by Gasteiger charge is -2.02. The van der Waals surface area contributed by atoms with Crippen LogP contribution in [0.1, 0.15) is 23.1 Å². The molecule has 6 heteroatoms. The van der Waals surface area contributed by atoms with Gasteiger partial charge in [0.05, 0.1) is 11.9 Å². The second-order valence-corrected chi connectivity index (χ2v) is 4.68. The van der Waals surface area contributed by atoms with Gasteiger partial charge in [-0.2, -0.15) is 8.42 Å². The SMILES string of the molecule is CC(=O)c1cccc(COS(C)(=O)=O)n1. The summed E-state index contributed by atoms with van der Waals surface area (Å²) in [5, 5.41) is 0. The van der Waals surface area contributed by atoms with Crippen molar-refractivity contribution in [3.63, 3.8) is 0 Å². The number of hydrogen-bond acceptors (Lipinski definition) is 5. The average molecular weight is 229 g/mol. The molecule has 5 nitrogen and oxygen atoms in total. The Morgan fingerprint density at radius 3 is 2.67 bits per heavy atom. The van der Waals surface area contributed by atoms with Gasteiger partial charge in [-0.05, 0) is 12.1 Å². The minimum absolute atomic E-state index is 0.153. The van der Waals surface area contributed by atoms with Crippen LogP contribution in [-0.2, 0) is 20.9 Å². The van der Waals surface area contributed by atoms with Gasteiger partial charge in [0, 0.05) is 6.92 Å². The third-order valence-corrected chi connectivity index (χ3v) is 2.13. The zero-order chi connectivity index (χ0) is 11.5. The number of nitrogens with zero attached hydrogens (tertiary/aromatic N) is 1. The summed E-state index contributed by atoms with van der Waals surface area (Å²) in [5.74, 6) is -0.170. The summed E-state index contributed by atoms with van der Waals surface area (Å²) in [6.45, 7) is 1.24. The standard InChI is InChI=1S/C9H11NO4S/c1-7(11)9-5-3-4-8(10-9)6-14-15(2,12)13/h3-5H,6H2,1-2H3. The van der Waals surface area contributed by atoms with E-state index in [1.54, 1.807) is 18.2 Å². The first-order valence-electron chi connectivity index (χ1n) is 4.20. The van der Waals surface area contributed by atoms with E-state index in [4.69, 9.17) is 0 Å². The second kappa shape index (κ2) is 4.50. The molecule has 0 bridgehead atoms. The molecule has 15 heavy (non-hydrogen) atoms. The molecule has 0 spiro atoms. The predicted octanol–water partition coefficient (Wildman–Crippen LogP) is 0.760. The quantitative estimate of drug-likeness (QED) is 0.563. The van der Waals surface area contributed by atoms with Crippen LogP contribution in [0.15, 0.2) is 18.2 Å². The summed E-state index contributed by atoms with van der Waals surface area (Å²) in [5.41, 5.74) is 0.706. The van der Waals surface area contributed by atoms with Gasteiger partial charge in [0.2, 0.25) is 0 Å². The second-order valence-electron chi connectivity index (χ2n) is 3.04. The molecular formula is C9H11NO4S. The van der Waals surface area contributed by atoms with Gasteiger partial charge in [0.25, 0.3) is 10.1 Å². The number of aromatic nitrogens is 1. The van der Waals surface area contributed by atoms with Crippen molar-refractivity contribution in [2.24, 2.45) is 0 Å². The van der Waals surface area contributed by atoms with Gasteiger partial charge in [0.1, 0.15) is 12.3 Å². The monoisotopic (exact) mass is 229 g/mol. The van der Waals surface area contributed by atoms with Crippen LogP contribution in [0.25, 0.3) is 0 Å². The number of carbonyl (C=O) groups excluding carboxylic acids is 1. The van der Waals surface area contributed by atoms with Crippen molar-refractivity contribution in [1.29, 1.82) is 0 Å². The van der Waals surface area contributed by atoms with E-state index in [1.165, 1.54) is 6.92 Å². The normalized spacial score (nSPS) is 11.3. The van der Waals surface area contributed by atoms with Gasteiger partial charge in [-0.25, -0.2) is 4.98 Å². The molecule has 0 aliphatic rings. The molecule has 0 saturated carbocycles. The lowest BCUT2D eigenvalue weighted by atomic mass is 10.2. The Hall–Kier alpha value is -1.27. The molecule has 1 aromatic rings. The van der Waals surface area contributed by atoms with Crippen LogP contribution in [0.4, 0.5) is 0 Å². The molecule has 0 unspecified atom stereocenters. The molecular weight excluding hydrogens is 218 g/mol. The van der Waals surface area contributed by atoms with E-state index >= 15 is 0 Å². The van der Waals surface area contributed by atoms with E-state index in [9.17, 15) is 13.2 Å². The first-order chi connectivity index (χ1) is 6.88. The highest BCUT2D eigenvalue weighted by molar-refractivity contribution is 7.85. The zero-order valence-corrected chi connectivity index (χ0v) is 9.24. The van der Waals surface area contributed by atoms with Crippen molar-refractivity contribution >= 4 is 15.9 Å². The number of ketones is 1. The van der Waals surface area contributed by atoms with Crippen LogP contribution in [-0.4, -0.2) is 25.4 Å². The molecule has 0 atom stereocenters. The van der Waals surface area contributed by atoms with Gasteiger partial charge in [-0.1, -0.05) is 6.07 Å². The molecule has 1 heterocycles. The highest BCUT2D eigenvalue weighted by Gasteiger charge is 2.05. The van der Waals surface area contributed by atoms with Crippen LogP contribution in [0, 0.1) is 0 Å². The first kappa shape index (κ1) is 11.8. The lowest BCUT2D eigenvalue weighted by Crippen LogP contribution is -2.06. The van der Waals surface area contributed by atoms with Crippen molar-refractivity contribution in [3.8, 4) is 0 Å². The van der Waals surface area contributed by atoms with E-state index in [0.717, 1.165) is 6.26 Å². The maximum absolute atomic E-state index is 11.0. The fraction of sp³-hybridized carbons (Fsp3) is 0.333. The lowest BCUT2D eigenvalue weighted by molar-refractivity contribution is 0.101. The van der Waals surface area contributed by atoms with Crippen LogP contribution >= 0.6 is 0 Å². The summed E-state index contributed by atoms with van der Waals surface area (Å²) < 4.78 is 26.0. The van der Waals surface area contributed by atoms with Gasteiger partial charge in [-0.15, -0.1) is 0 Å². The van der Waals surface area contributed by atoms with Crippen LogP contribution in [0.3, 0.4) is 0 Å². The Morgan fingerprint density at radius 2 is 2.13 bits per heavy atom. The molecule has 1 aromatic heterocycles. The fourth-order valence-electron chi connectivity index (χ4n) is 0.923. The minimum atomic E-state index is -3.48. The topological polar surface area (TPSA) is 73.3 Å². The summed E-state index contributed by atoms with van der Waals surface area (Å²) >= 11 is 0. The molecule has 0 aromatic carbocycles. The molecule has 1 rings (SSSR count). The third-order valence-electron chi connectivity index (χ3n) is 1.59. The Balaban J connectivity index is 2.79. The number of pyridine rings is 1. The van der Waals surface area contributed by atoms with Gasteiger partial charge < -0.3 is 0 Å². The van der Waals surface area contributed by atoms with Crippen molar-refractivity contribution < 1.29 is 17.4 Å². The highest BCUT2D eigenvalue weighted by Crippen LogP contribution is 2.03. The van der Waals surface area contributed by atoms with Gasteiger partial charge >= 0.3 is 0 Å². The van der Waals surface area contributed by atoms with Crippen LogP contribution in [0.2, 0.25) is 0 Å². The number of carbonyl (C=O) groups is 1. The molecule has 0 radical (unpaired) electrons. The van der Waals surface area contributed by atoms with E-state index in [2.05, 4.69) is 9.17 Å². The smallest absolute Gasteiger partial charge is 0.264 e. The van der Waals surface area contributed by atoms with Crippen molar-refractivity contribution in [2.75, 3.05) is 6.26 Å². The number of hydrogen-bond donors (Lipinski definition) is 0. The van der Waals surface area contributed by atoms with Crippen molar-refractivity contribution in [1.82, 2.24) is 4.98 Å². The van der Waals surface area contributed by atoms with E-state index in [1.807, 2.05) is 0 Å². The largest absolute Gasteiger partial charge is 0.293 e. The maximum Gasteiger partial charge on any atom is 0.264 e. The zero-order valence-electron chi connectivity index (χ0n) is 8.43. The van der Waals surface area contributed by atoms with Crippen LogP contribution < -0.4 is 0 Å². The number of Topliss-reactive ketones (excluding diaryl/α,β-unsaturated/α-hetero) is 1.